The fourth-order valence-corrected chi connectivity index (χ4v) is 1.84. The first-order valence-electron chi connectivity index (χ1n) is 5.83. The minimum absolute atomic E-state index is 0.235. The van der Waals surface area contributed by atoms with Gasteiger partial charge >= 0.3 is 0 Å². The summed E-state index contributed by atoms with van der Waals surface area (Å²) in [6.45, 7) is 2.45. The smallest absolute Gasteiger partial charge is 0.222 e. The molecule has 0 aliphatic rings. The van der Waals surface area contributed by atoms with Gasteiger partial charge in [-0.25, -0.2) is 13.5 Å². The molecule has 0 saturated heterocycles. The minimum Gasteiger partial charge on any atom is -0.439 e. The molecule has 0 spiro atoms. The van der Waals surface area contributed by atoms with Gasteiger partial charge in [0.15, 0.2) is 11.6 Å². The van der Waals surface area contributed by atoms with E-state index in [1.165, 1.54) is 6.07 Å². The summed E-state index contributed by atoms with van der Waals surface area (Å²) in [5.74, 6) is -1.09. The number of aryl methyl sites for hydroxylation is 2. The van der Waals surface area contributed by atoms with Gasteiger partial charge in [0.1, 0.15) is 5.75 Å². The second-order valence-electron chi connectivity index (χ2n) is 4.20. The second-order valence-corrected chi connectivity index (χ2v) is 4.20. The average Bonchev–Trinajstić information content (AvgIpc) is 2.61. The van der Waals surface area contributed by atoms with Crippen LogP contribution in [0.1, 0.15) is 11.3 Å². The highest BCUT2D eigenvalue weighted by Gasteiger charge is 2.15. The quantitative estimate of drug-likeness (QED) is 0.925. The SMILES string of the molecule is CNCc1c(C)nn(C)c1Oc1ccc(F)c(F)c1. The summed E-state index contributed by atoms with van der Waals surface area (Å²) in [6.07, 6.45) is 0. The van der Waals surface area contributed by atoms with Crippen LogP contribution in [0.2, 0.25) is 0 Å². The Balaban J connectivity index is 2.34. The Hall–Kier alpha value is -1.95. The van der Waals surface area contributed by atoms with Crippen molar-refractivity contribution in [3.8, 4) is 11.6 Å². The van der Waals surface area contributed by atoms with Crippen LogP contribution in [0.25, 0.3) is 0 Å². The van der Waals surface area contributed by atoms with Gasteiger partial charge in [-0.15, -0.1) is 0 Å². The molecular weight excluding hydrogens is 252 g/mol. The Morgan fingerprint density at radius 3 is 2.68 bits per heavy atom. The van der Waals surface area contributed by atoms with Crippen molar-refractivity contribution in [2.45, 2.75) is 13.5 Å². The molecule has 1 heterocycles. The maximum atomic E-state index is 13.1. The number of ether oxygens (including phenoxy) is 1. The van der Waals surface area contributed by atoms with Crippen LogP contribution in [0.3, 0.4) is 0 Å². The molecule has 19 heavy (non-hydrogen) atoms. The number of hydrogen-bond acceptors (Lipinski definition) is 3. The van der Waals surface area contributed by atoms with E-state index in [-0.39, 0.29) is 5.75 Å². The summed E-state index contributed by atoms with van der Waals surface area (Å²) in [7, 11) is 3.55. The van der Waals surface area contributed by atoms with Crippen molar-refractivity contribution < 1.29 is 13.5 Å². The molecule has 0 saturated carbocycles. The van der Waals surface area contributed by atoms with Crippen molar-refractivity contribution in [2.24, 2.45) is 7.05 Å². The zero-order valence-corrected chi connectivity index (χ0v) is 11.0. The zero-order valence-electron chi connectivity index (χ0n) is 11.0. The van der Waals surface area contributed by atoms with Gasteiger partial charge in [0.25, 0.3) is 0 Å². The first-order valence-corrected chi connectivity index (χ1v) is 5.83. The maximum absolute atomic E-state index is 13.1. The Kier molecular flexibility index (Phi) is 3.80. The average molecular weight is 267 g/mol. The molecule has 0 aliphatic carbocycles. The van der Waals surface area contributed by atoms with E-state index in [0.29, 0.717) is 12.4 Å². The van der Waals surface area contributed by atoms with E-state index in [9.17, 15) is 8.78 Å². The van der Waals surface area contributed by atoms with Gasteiger partial charge in [0, 0.05) is 19.7 Å². The lowest BCUT2D eigenvalue weighted by molar-refractivity contribution is 0.416. The standard InChI is InChI=1S/C13H15F2N3O/c1-8-10(7-16-2)13(18(3)17-8)19-9-4-5-11(14)12(15)6-9/h4-6,16H,7H2,1-3H3. The molecule has 2 aromatic rings. The van der Waals surface area contributed by atoms with Gasteiger partial charge < -0.3 is 10.1 Å². The molecule has 1 N–H and O–H groups in total. The van der Waals surface area contributed by atoms with Crippen LogP contribution in [0.4, 0.5) is 8.78 Å². The topological polar surface area (TPSA) is 39.1 Å². The highest BCUT2D eigenvalue weighted by Crippen LogP contribution is 2.27. The largest absolute Gasteiger partial charge is 0.439 e. The summed E-state index contributed by atoms with van der Waals surface area (Å²) in [6, 6.07) is 3.43. The molecule has 0 fully saturated rings. The van der Waals surface area contributed by atoms with Crippen LogP contribution in [0.15, 0.2) is 18.2 Å². The Morgan fingerprint density at radius 2 is 2.05 bits per heavy atom. The van der Waals surface area contributed by atoms with Crippen molar-refractivity contribution >= 4 is 0 Å². The minimum atomic E-state index is -0.938. The third kappa shape index (κ3) is 2.73. The fourth-order valence-electron chi connectivity index (χ4n) is 1.84. The lowest BCUT2D eigenvalue weighted by Crippen LogP contribution is -2.07. The highest BCUT2D eigenvalue weighted by atomic mass is 19.2. The van der Waals surface area contributed by atoms with E-state index in [2.05, 4.69) is 10.4 Å². The van der Waals surface area contributed by atoms with Crippen LogP contribution in [0.5, 0.6) is 11.6 Å². The monoisotopic (exact) mass is 267 g/mol. The fraction of sp³-hybridized carbons (Fsp3) is 0.308. The third-order valence-electron chi connectivity index (χ3n) is 2.75. The van der Waals surface area contributed by atoms with Crippen LogP contribution in [0, 0.1) is 18.6 Å². The number of nitrogens with zero attached hydrogens (tertiary/aromatic N) is 2. The van der Waals surface area contributed by atoms with E-state index in [0.717, 1.165) is 23.4 Å². The number of halogens is 2. The predicted octanol–water partition coefficient (Wildman–Crippen LogP) is 2.52. The Morgan fingerprint density at radius 1 is 1.32 bits per heavy atom. The lowest BCUT2D eigenvalue weighted by atomic mass is 10.2. The molecule has 0 atom stereocenters. The Bertz CT molecular complexity index is 596. The number of rotatable bonds is 4. The number of aromatic nitrogens is 2. The molecule has 2 rings (SSSR count). The van der Waals surface area contributed by atoms with E-state index >= 15 is 0 Å². The van der Waals surface area contributed by atoms with Gasteiger partial charge in [0.2, 0.25) is 5.88 Å². The van der Waals surface area contributed by atoms with Gasteiger partial charge in [-0.3, -0.25) is 0 Å². The summed E-state index contributed by atoms with van der Waals surface area (Å²) >= 11 is 0. The molecule has 0 unspecified atom stereocenters. The predicted molar refractivity (Wildman–Crippen MR) is 67.1 cm³/mol. The molecule has 0 amide bonds. The van der Waals surface area contributed by atoms with Gasteiger partial charge in [-0.1, -0.05) is 0 Å². The molecule has 1 aromatic carbocycles. The van der Waals surface area contributed by atoms with Crippen LogP contribution < -0.4 is 10.1 Å². The van der Waals surface area contributed by atoms with E-state index in [1.54, 1.807) is 11.7 Å². The van der Waals surface area contributed by atoms with Crippen LogP contribution in [-0.2, 0) is 13.6 Å². The van der Waals surface area contributed by atoms with Crippen molar-refractivity contribution in [3.05, 3.63) is 41.1 Å². The second kappa shape index (κ2) is 5.36. The number of benzene rings is 1. The molecule has 0 radical (unpaired) electrons. The summed E-state index contributed by atoms with van der Waals surface area (Å²) in [5, 5.41) is 7.27. The van der Waals surface area contributed by atoms with Crippen molar-refractivity contribution in [1.82, 2.24) is 15.1 Å². The van der Waals surface area contributed by atoms with E-state index in [4.69, 9.17) is 4.74 Å². The van der Waals surface area contributed by atoms with Gasteiger partial charge in [-0.05, 0) is 26.1 Å². The first-order chi connectivity index (χ1) is 9.02. The van der Waals surface area contributed by atoms with Crippen LogP contribution >= 0.6 is 0 Å². The van der Waals surface area contributed by atoms with Crippen molar-refractivity contribution in [1.29, 1.82) is 0 Å². The van der Waals surface area contributed by atoms with Crippen molar-refractivity contribution in [2.75, 3.05) is 7.05 Å². The van der Waals surface area contributed by atoms with E-state index in [1.807, 2.05) is 14.0 Å². The van der Waals surface area contributed by atoms with Crippen molar-refractivity contribution in [3.63, 3.8) is 0 Å². The number of nitrogens with one attached hydrogen (secondary N) is 1. The lowest BCUT2D eigenvalue weighted by Gasteiger charge is -2.09. The normalized spacial score (nSPS) is 10.8. The van der Waals surface area contributed by atoms with Gasteiger partial charge in [-0.2, -0.15) is 5.10 Å². The molecule has 102 valence electrons. The van der Waals surface area contributed by atoms with Gasteiger partial charge in [0.05, 0.1) is 11.3 Å². The number of hydrogen-bond donors (Lipinski definition) is 1. The maximum Gasteiger partial charge on any atom is 0.222 e. The molecule has 1 aromatic heterocycles. The molecule has 4 nitrogen and oxygen atoms in total. The van der Waals surface area contributed by atoms with Crippen LogP contribution in [-0.4, -0.2) is 16.8 Å². The zero-order chi connectivity index (χ0) is 14.0. The third-order valence-corrected chi connectivity index (χ3v) is 2.75. The van der Waals surface area contributed by atoms with E-state index < -0.39 is 11.6 Å². The Labute approximate surface area is 110 Å². The molecule has 0 aliphatic heterocycles. The molecule has 6 heteroatoms. The highest BCUT2D eigenvalue weighted by molar-refractivity contribution is 5.35. The molecule has 0 bridgehead atoms. The summed E-state index contributed by atoms with van der Waals surface area (Å²) in [4.78, 5) is 0. The summed E-state index contributed by atoms with van der Waals surface area (Å²) < 4.78 is 33.2. The molecular formula is C13H15F2N3O. The first kappa shape index (κ1) is 13.5. The summed E-state index contributed by atoms with van der Waals surface area (Å²) in [5.41, 5.74) is 1.71.